The predicted molar refractivity (Wildman–Crippen MR) is 72.9 cm³/mol. The summed E-state index contributed by atoms with van der Waals surface area (Å²) in [6.45, 7) is 6.86. The number of carbonyl (C=O) groups excluding carboxylic acids is 1. The Kier molecular flexibility index (Phi) is 4.20. The zero-order valence-corrected chi connectivity index (χ0v) is 11.7. The van der Waals surface area contributed by atoms with Crippen molar-refractivity contribution < 1.29 is 9.18 Å². The summed E-state index contributed by atoms with van der Waals surface area (Å²) in [5.41, 5.74) is 0.933. The number of rotatable bonds is 4. The van der Waals surface area contributed by atoms with E-state index in [1.165, 1.54) is 12.1 Å². The Morgan fingerprint density at radius 3 is 2.58 bits per heavy atom. The van der Waals surface area contributed by atoms with Crippen LogP contribution in [-0.2, 0) is 4.79 Å². The van der Waals surface area contributed by atoms with Crippen LogP contribution in [0.15, 0.2) is 24.3 Å². The predicted octanol–water partition coefficient (Wildman–Crippen LogP) is 2.69. The molecule has 3 unspecified atom stereocenters. The lowest BCUT2D eigenvalue weighted by Crippen LogP contribution is -2.34. The highest BCUT2D eigenvalue weighted by atomic mass is 19.1. The van der Waals surface area contributed by atoms with Gasteiger partial charge >= 0.3 is 0 Å². The van der Waals surface area contributed by atoms with Gasteiger partial charge in [-0.2, -0.15) is 0 Å². The molecule has 104 valence electrons. The van der Waals surface area contributed by atoms with Gasteiger partial charge in [-0.3, -0.25) is 10.1 Å². The summed E-state index contributed by atoms with van der Waals surface area (Å²) in [6.07, 6.45) is 0.894. The van der Waals surface area contributed by atoms with Gasteiger partial charge < -0.3 is 4.90 Å². The van der Waals surface area contributed by atoms with Gasteiger partial charge in [-0.05, 0) is 30.5 Å². The van der Waals surface area contributed by atoms with Crippen LogP contribution in [0.5, 0.6) is 0 Å². The quantitative estimate of drug-likeness (QED) is 0.907. The molecule has 0 bridgehead atoms. The fourth-order valence-corrected chi connectivity index (χ4v) is 2.36. The van der Waals surface area contributed by atoms with Crippen molar-refractivity contribution in [3.63, 3.8) is 0 Å². The van der Waals surface area contributed by atoms with E-state index in [0.717, 1.165) is 18.5 Å². The lowest BCUT2D eigenvalue weighted by Gasteiger charge is -2.27. The fraction of sp³-hybridized carbons (Fsp3) is 0.533. The summed E-state index contributed by atoms with van der Waals surface area (Å²) in [5, 5.41) is 3.27. The van der Waals surface area contributed by atoms with Crippen LogP contribution in [-0.4, -0.2) is 23.4 Å². The van der Waals surface area contributed by atoms with Gasteiger partial charge in [0, 0.05) is 6.54 Å². The van der Waals surface area contributed by atoms with Gasteiger partial charge in [0.2, 0.25) is 5.91 Å². The molecule has 0 saturated carbocycles. The third-order valence-corrected chi connectivity index (χ3v) is 3.76. The summed E-state index contributed by atoms with van der Waals surface area (Å²) in [6, 6.07) is 6.17. The van der Waals surface area contributed by atoms with E-state index in [-0.39, 0.29) is 23.9 Å². The Bertz CT molecular complexity index is 446. The molecule has 0 aromatic heterocycles. The molecule has 2 rings (SSSR count). The Morgan fingerprint density at radius 1 is 1.37 bits per heavy atom. The lowest BCUT2D eigenvalue weighted by atomic mass is 10.1. The van der Waals surface area contributed by atoms with Crippen LogP contribution in [0.2, 0.25) is 0 Å². The minimum Gasteiger partial charge on any atom is -0.321 e. The van der Waals surface area contributed by atoms with Crippen molar-refractivity contribution in [2.75, 3.05) is 6.54 Å². The van der Waals surface area contributed by atoms with Crippen LogP contribution < -0.4 is 5.32 Å². The topological polar surface area (TPSA) is 32.3 Å². The summed E-state index contributed by atoms with van der Waals surface area (Å²) in [5.74, 6) is 0.322. The van der Waals surface area contributed by atoms with Crippen LogP contribution in [0.1, 0.15) is 38.9 Å². The van der Waals surface area contributed by atoms with Crippen molar-refractivity contribution >= 4 is 5.91 Å². The Hall–Kier alpha value is -1.42. The van der Waals surface area contributed by atoms with Crippen LogP contribution >= 0.6 is 0 Å². The number of nitrogens with one attached hydrogen (secondary N) is 1. The maximum Gasteiger partial charge on any atom is 0.241 e. The van der Waals surface area contributed by atoms with Gasteiger partial charge in [0.05, 0.1) is 6.04 Å². The molecular weight excluding hydrogens is 243 g/mol. The molecule has 3 atom stereocenters. The van der Waals surface area contributed by atoms with E-state index in [2.05, 4.69) is 19.2 Å². The zero-order valence-electron chi connectivity index (χ0n) is 11.7. The highest BCUT2D eigenvalue weighted by molar-refractivity contribution is 5.84. The van der Waals surface area contributed by atoms with Crippen LogP contribution in [0, 0.1) is 11.7 Å². The van der Waals surface area contributed by atoms with Crippen molar-refractivity contribution in [2.45, 2.75) is 39.4 Å². The van der Waals surface area contributed by atoms with Gasteiger partial charge in [0.15, 0.2) is 0 Å². The molecule has 4 heteroatoms. The largest absolute Gasteiger partial charge is 0.321 e. The first-order valence-electron chi connectivity index (χ1n) is 6.85. The first-order valence-corrected chi connectivity index (χ1v) is 6.85. The van der Waals surface area contributed by atoms with E-state index in [9.17, 15) is 9.18 Å². The molecule has 3 nitrogen and oxygen atoms in total. The number of hydrogen-bond acceptors (Lipinski definition) is 2. The maximum atomic E-state index is 13.0. The SMILES string of the molecule is CCC(C)CN1C(=O)C(C)NC1c1ccc(F)cc1. The third kappa shape index (κ3) is 2.95. The van der Waals surface area contributed by atoms with Crippen LogP contribution in [0.25, 0.3) is 0 Å². The fourth-order valence-electron chi connectivity index (χ4n) is 2.36. The molecule has 1 aliphatic heterocycles. The average molecular weight is 264 g/mol. The van der Waals surface area contributed by atoms with Crippen molar-refractivity contribution in [3.05, 3.63) is 35.6 Å². The molecule has 1 fully saturated rings. The average Bonchev–Trinajstić information content (AvgIpc) is 2.68. The Balaban J connectivity index is 2.21. The van der Waals surface area contributed by atoms with E-state index in [1.807, 2.05) is 11.8 Å². The summed E-state index contributed by atoms with van der Waals surface area (Å²) < 4.78 is 13.0. The molecule has 1 saturated heterocycles. The van der Waals surface area contributed by atoms with Crippen molar-refractivity contribution in [3.8, 4) is 0 Å². The van der Waals surface area contributed by atoms with Crippen LogP contribution in [0.4, 0.5) is 4.39 Å². The third-order valence-electron chi connectivity index (χ3n) is 3.76. The van der Waals surface area contributed by atoms with E-state index in [4.69, 9.17) is 0 Å². The van der Waals surface area contributed by atoms with Gasteiger partial charge in [0.1, 0.15) is 12.0 Å². The first kappa shape index (κ1) is 14.0. The second-order valence-corrected chi connectivity index (χ2v) is 5.35. The number of benzene rings is 1. The zero-order chi connectivity index (χ0) is 14.0. The van der Waals surface area contributed by atoms with Gasteiger partial charge in [0.25, 0.3) is 0 Å². The maximum absolute atomic E-state index is 13.0. The molecule has 19 heavy (non-hydrogen) atoms. The highest BCUT2D eigenvalue weighted by Crippen LogP contribution is 2.26. The van der Waals surface area contributed by atoms with Crippen molar-refractivity contribution in [1.82, 2.24) is 10.2 Å². The van der Waals surface area contributed by atoms with Gasteiger partial charge in [-0.15, -0.1) is 0 Å². The number of nitrogens with zero attached hydrogens (tertiary/aromatic N) is 1. The van der Waals surface area contributed by atoms with Crippen LogP contribution in [0.3, 0.4) is 0 Å². The Labute approximate surface area is 113 Å². The van der Waals surface area contributed by atoms with E-state index < -0.39 is 0 Å². The van der Waals surface area contributed by atoms with Crippen molar-refractivity contribution in [1.29, 1.82) is 0 Å². The monoisotopic (exact) mass is 264 g/mol. The molecule has 0 radical (unpaired) electrons. The number of amides is 1. The second-order valence-electron chi connectivity index (χ2n) is 5.35. The number of carbonyl (C=O) groups is 1. The first-order chi connectivity index (χ1) is 9.02. The number of hydrogen-bond donors (Lipinski definition) is 1. The normalized spacial score (nSPS) is 24.8. The van der Waals surface area contributed by atoms with Gasteiger partial charge in [-0.25, -0.2) is 4.39 Å². The standard InChI is InChI=1S/C15H21FN2O/c1-4-10(2)9-18-14(17-11(3)15(18)19)12-5-7-13(16)8-6-12/h5-8,10-11,14,17H,4,9H2,1-3H3. The highest BCUT2D eigenvalue weighted by Gasteiger charge is 2.37. The molecule has 1 aromatic rings. The molecule has 0 spiro atoms. The smallest absolute Gasteiger partial charge is 0.241 e. The summed E-state index contributed by atoms with van der Waals surface area (Å²) in [7, 11) is 0. The molecule has 1 aliphatic rings. The van der Waals surface area contributed by atoms with E-state index in [0.29, 0.717) is 5.92 Å². The van der Waals surface area contributed by atoms with Gasteiger partial charge in [-0.1, -0.05) is 32.4 Å². The minimum absolute atomic E-state index is 0.120. The Morgan fingerprint density at radius 2 is 2.00 bits per heavy atom. The van der Waals surface area contributed by atoms with Crippen molar-refractivity contribution in [2.24, 2.45) is 5.92 Å². The van der Waals surface area contributed by atoms with E-state index in [1.54, 1.807) is 12.1 Å². The molecule has 1 aromatic carbocycles. The number of halogens is 1. The minimum atomic E-state index is -0.255. The lowest BCUT2D eigenvalue weighted by molar-refractivity contribution is -0.130. The molecule has 1 N–H and O–H groups in total. The second kappa shape index (κ2) is 5.70. The summed E-state index contributed by atoms with van der Waals surface area (Å²) >= 11 is 0. The molecule has 0 aliphatic carbocycles. The molecular formula is C15H21FN2O. The van der Waals surface area contributed by atoms with E-state index >= 15 is 0 Å². The molecule has 1 amide bonds. The molecule has 1 heterocycles. The summed E-state index contributed by atoms with van der Waals surface area (Å²) in [4.78, 5) is 14.1.